The summed E-state index contributed by atoms with van der Waals surface area (Å²) >= 11 is 1.59. The van der Waals surface area contributed by atoms with Crippen molar-refractivity contribution >= 4 is 17.4 Å². The van der Waals surface area contributed by atoms with Gasteiger partial charge in [-0.05, 0) is 44.0 Å². The van der Waals surface area contributed by atoms with Gasteiger partial charge in [-0.1, -0.05) is 12.1 Å². The molecule has 0 aliphatic carbocycles. The van der Waals surface area contributed by atoms with Crippen LogP contribution in [-0.2, 0) is 0 Å². The van der Waals surface area contributed by atoms with Gasteiger partial charge in [0.2, 0.25) is 0 Å². The van der Waals surface area contributed by atoms with E-state index >= 15 is 0 Å². The maximum absolute atomic E-state index is 10.8. The number of nitrogens with one attached hydrogen (secondary N) is 1. The van der Waals surface area contributed by atoms with Crippen LogP contribution in [0.25, 0.3) is 0 Å². The Morgan fingerprint density at radius 2 is 2.28 bits per heavy atom. The Kier molecular flexibility index (Phi) is 5.01. The molecule has 0 aromatic heterocycles. The number of benzene rings is 1. The Hall–Kier alpha value is -1.07. The molecule has 98 valence electrons. The number of rotatable bonds is 6. The lowest BCUT2D eigenvalue weighted by atomic mass is 10.1. The zero-order valence-electron chi connectivity index (χ0n) is 10.3. The van der Waals surface area contributed by atoms with Crippen molar-refractivity contribution in [1.29, 1.82) is 0 Å². The third kappa shape index (κ3) is 3.71. The normalized spacial score (nSPS) is 19.0. The van der Waals surface area contributed by atoms with Crippen LogP contribution < -0.4 is 5.32 Å². The van der Waals surface area contributed by atoms with E-state index in [2.05, 4.69) is 5.32 Å². The highest BCUT2D eigenvalue weighted by atomic mass is 32.2. The monoisotopic (exact) mass is 266 g/mol. The minimum Gasteiger partial charge on any atom is -0.314 e. The zero-order valence-corrected chi connectivity index (χ0v) is 11.1. The predicted octanol–water partition coefficient (Wildman–Crippen LogP) is 3.22. The average molecular weight is 266 g/mol. The number of hydrogen-bond acceptors (Lipinski definition) is 4. The van der Waals surface area contributed by atoms with E-state index in [1.165, 1.54) is 19.3 Å². The lowest BCUT2D eigenvalue weighted by Gasteiger charge is -2.09. The number of nitro groups is 1. The molecule has 2 rings (SSSR count). The van der Waals surface area contributed by atoms with Crippen LogP contribution in [0.15, 0.2) is 29.2 Å². The van der Waals surface area contributed by atoms with E-state index in [0.717, 1.165) is 23.6 Å². The van der Waals surface area contributed by atoms with Gasteiger partial charge in [0.1, 0.15) is 0 Å². The molecule has 1 aliphatic rings. The summed E-state index contributed by atoms with van der Waals surface area (Å²) in [6.45, 7) is 1.14. The van der Waals surface area contributed by atoms with Crippen molar-refractivity contribution in [3.63, 3.8) is 0 Å². The molecule has 0 saturated carbocycles. The van der Waals surface area contributed by atoms with E-state index < -0.39 is 0 Å². The number of thioether (sulfide) groups is 1. The van der Waals surface area contributed by atoms with Gasteiger partial charge >= 0.3 is 0 Å². The molecule has 0 amide bonds. The highest BCUT2D eigenvalue weighted by Crippen LogP contribution is 2.29. The second kappa shape index (κ2) is 6.75. The summed E-state index contributed by atoms with van der Waals surface area (Å²) in [6.07, 6.45) is 4.83. The highest BCUT2D eigenvalue weighted by molar-refractivity contribution is 7.99. The first-order chi connectivity index (χ1) is 8.77. The molecule has 1 atom stereocenters. The molecule has 5 heteroatoms. The van der Waals surface area contributed by atoms with Gasteiger partial charge in [-0.3, -0.25) is 10.1 Å². The van der Waals surface area contributed by atoms with Crippen LogP contribution in [-0.4, -0.2) is 23.3 Å². The van der Waals surface area contributed by atoms with Gasteiger partial charge in [0.15, 0.2) is 0 Å². The van der Waals surface area contributed by atoms with E-state index in [0.29, 0.717) is 6.04 Å². The van der Waals surface area contributed by atoms with Crippen molar-refractivity contribution in [2.45, 2.75) is 36.6 Å². The molecule has 0 radical (unpaired) electrons. The van der Waals surface area contributed by atoms with Gasteiger partial charge in [0.25, 0.3) is 5.69 Å². The molecule has 1 aromatic rings. The second-order valence-electron chi connectivity index (χ2n) is 4.51. The first-order valence-electron chi connectivity index (χ1n) is 6.37. The molecular weight excluding hydrogens is 248 g/mol. The number of nitro benzene ring substituents is 1. The summed E-state index contributed by atoms with van der Waals surface area (Å²) in [5.74, 6) is 0.947. The van der Waals surface area contributed by atoms with Crippen molar-refractivity contribution < 1.29 is 4.92 Å². The van der Waals surface area contributed by atoms with Gasteiger partial charge in [0.05, 0.1) is 9.82 Å². The van der Waals surface area contributed by atoms with Crippen molar-refractivity contribution in [3.05, 3.63) is 34.4 Å². The Morgan fingerprint density at radius 1 is 1.44 bits per heavy atom. The second-order valence-corrected chi connectivity index (χ2v) is 5.65. The summed E-state index contributed by atoms with van der Waals surface area (Å²) in [4.78, 5) is 11.3. The lowest BCUT2D eigenvalue weighted by molar-refractivity contribution is -0.387. The first-order valence-corrected chi connectivity index (χ1v) is 7.35. The van der Waals surface area contributed by atoms with E-state index in [1.807, 2.05) is 12.1 Å². The van der Waals surface area contributed by atoms with Crippen LogP contribution >= 0.6 is 11.8 Å². The topological polar surface area (TPSA) is 55.2 Å². The van der Waals surface area contributed by atoms with Gasteiger partial charge in [-0.2, -0.15) is 0 Å². The van der Waals surface area contributed by atoms with E-state index in [-0.39, 0.29) is 10.6 Å². The van der Waals surface area contributed by atoms with Crippen molar-refractivity contribution in [3.8, 4) is 0 Å². The largest absolute Gasteiger partial charge is 0.314 e. The van der Waals surface area contributed by atoms with Gasteiger partial charge in [0, 0.05) is 12.1 Å². The Bertz CT molecular complexity index is 406. The molecule has 0 bridgehead atoms. The summed E-state index contributed by atoms with van der Waals surface area (Å²) in [6, 6.07) is 7.63. The summed E-state index contributed by atoms with van der Waals surface area (Å²) in [5, 5.41) is 14.3. The molecule has 1 N–H and O–H groups in total. The molecular formula is C13H18N2O2S. The highest BCUT2D eigenvalue weighted by Gasteiger charge is 2.15. The minimum absolute atomic E-state index is 0.224. The molecule has 1 heterocycles. The maximum atomic E-state index is 10.8. The number of nitrogens with zero attached hydrogens (tertiary/aromatic N) is 1. The fourth-order valence-electron chi connectivity index (χ4n) is 2.25. The third-order valence-corrected chi connectivity index (χ3v) is 4.33. The molecule has 1 saturated heterocycles. The van der Waals surface area contributed by atoms with Crippen LogP contribution in [0.2, 0.25) is 0 Å². The van der Waals surface area contributed by atoms with Crippen LogP contribution in [0.1, 0.15) is 25.7 Å². The Labute approximate surface area is 111 Å². The van der Waals surface area contributed by atoms with E-state index in [1.54, 1.807) is 23.9 Å². The molecule has 1 fully saturated rings. The van der Waals surface area contributed by atoms with Crippen LogP contribution in [0.4, 0.5) is 5.69 Å². The van der Waals surface area contributed by atoms with E-state index in [4.69, 9.17) is 0 Å². The smallest absolute Gasteiger partial charge is 0.282 e. The van der Waals surface area contributed by atoms with Crippen LogP contribution in [0.3, 0.4) is 0 Å². The molecule has 18 heavy (non-hydrogen) atoms. The quantitative estimate of drug-likeness (QED) is 0.372. The summed E-state index contributed by atoms with van der Waals surface area (Å²) in [5.41, 5.74) is 0.224. The standard InChI is InChI=1S/C13H18N2O2S/c16-15(17)12-7-1-2-8-13(12)18-10-4-6-11-5-3-9-14-11/h1-2,7-8,11,14H,3-6,9-10H2. The first kappa shape index (κ1) is 13.4. The molecule has 1 aromatic carbocycles. The minimum atomic E-state index is -0.305. The molecule has 1 unspecified atom stereocenters. The zero-order chi connectivity index (χ0) is 12.8. The van der Waals surface area contributed by atoms with Gasteiger partial charge in [-0.25, -0.2) is 0 Å². The lowest BCUT2D eigenvalue weighted by Crippen LogP contribution is -2.20. The van der Waals surface area contributed by atoms with Crippen molar-refractivity contribution in [1.82, 2.24) is 5.32 Å². The fourth-order valence-corrected chi connectivity index (χ4v) is 3.24. The fraction of sp³-hybridized carbons (Fsp3) is 0.538. The van der Waals surface area contributed by atoms with E-state index in [9.17, 15) is 10.1 Å². The third-order valence-electron chi connectivity index (χ3n) is 3.18. The molecule has 0 spiro atoms. The number of para-hydroxylation sites is 1. The SMILES string of the molecule is O=[N+]([O-])c1ccccc1SCCCC1CCCN1. The Morgan fingerprint density at radius 3 is 3.00 bits per heavy atom. The maximum Gasteiger partial charge on any atom is 0.282 e. The Balaban J connectivity index is 1.77. The molecule has 4 nitrogen and oxygen atoms in total. The average Bonchev–Trinajstić information content (AvgIpc) is 2.88. The summed E-state index contributed by atoms with van der Waals surface area (Å²) in [7, 11) is 0. The number of hydrogen-bond donors (Lipinski definition) is 1. The van der Waals surface area contributed by atoms with Crippen LogP contribution in [0.5, 0.6) is 0 Å². The summed E-state index contributed by atoms with van der Waals surface area (Å²) < 4.78 is 0. The van der Waals surface area contributed by atoms with Crippen molar-refractivity contribution in [2.24, 2.45) is 0 Å². The predicted molar refractivity (Wildman–Crippen MR) is 74.1 cm³/mol. The van der Waals surface area contributed by atoms with Gasteiger partial charge < -0.3 is 5.32 Å². The molecule has 1 aliphatic heterocycles. The van der Waals surface area contributed by atoms with Crippen LogP contribution in [0, 0.1) is 10.1 Å². The van der Waals surface area contributed by atoms with Gasteiger partial charge in [-0.15, -0.1) is 11.8 Å². The van der Waals surface area contributed by atoms with Crippen molar-refractivity contribution in [2.75, 3.05) is 12.3 Å².